The summed E-state index contributed by atoms with van der Waals surface area (Å²) in [4.78, 5) is 20.9. The third-order valence-electron chi connectivity index (χ3n) is 3.56. The third kappa shape index (κ3) is 2.94. The van der Waals surface area contributed by atoms with Crippen LogP contribution < -0.4 is 4.90 Å². The molecule has 0 aromatic carbocycles. The lowest BCUT2D eigenvalue weighted by Gasteiger charge is -2.36. The molecular formula is C13H19N3O3S. The summed E-state index contributed by atoms with van der Waals surface area (Å²) in [6, 6.07) is 0. The van der Waals surface area contributed by atoms with Crippen molar-refractivity contribution in [3.63, 3.8) is 0 Å². The maximum absolute atomic E-state index is 12.3. The summed E-state index contributed by atoms with van der Waals surface area (Å²) < 4.78 is 10.8. The molecule has 20 heavy (non-hydrogen) atoms. The summed E-state index contributed by atoms with van der Waals surface area (Å²) in [6.45, 7) is 6.56. The van der Waals surface area contributed by atoms with Gasteiger partial charge in [-0.15, -0.1) is 11.3 Å². The van der Waals surface area contributed by atoms with Crippen molar-refractivity contribution in [2.45, 2.75) is 13.0 Å². The van der Waals surface area contributed by atoms with Crippen molar-refractivity contribution in [3.8, 4) is 0 Å². The summed E-state index contributed by atoms with van der Waals surface area (Å²) >= 11 is 1.66. The molecule has 0 aliphatic carbocycles. The molecule has 0 N–H and O–H groups in total. The van der Waals surface area contributed by atoms with Gasteiger partial charge in [0.05, 0.1) is 25.5 Å². The SMILES string of the molecule is Cc1csc(N2CCN(C(=O)C3COCCO3)CC2)n1. The van der Waals surface area contributed by atoms with Gasteiger partial charge in [-0.3, -0.25) is 4.79 Å². The Morgan fingerprint density at radius 1 is 1.35 bits per heavy atom. The standard InChI is InChI=1S/C13H19N3O3S/c1-10-9-20-13(14-10)16-4-2-15(3-5-16)12(17)11-8-18-6-7-19-11/h9,11H,2-8H2,1H3. The number of thiazole rings is 1. The van der Waals surface area contributed by atoms with Crippen LogP contribution in [0.5, 0.6) is 0 Å². The molecule has 1 unspecified atom stereocenters. The van der Waals surface area contributed by atoms with Crippen LogP contribution in [0.3, 0.4) is 0 Å². The molecular weight excluding hydrogens is 278 g/mol. The van der Waals surface area contributed by atoms with E-state index in [9.17, 15) is 4.79 Å². The van der Waals surface area contributed by atoms with Gasteiger partial charge in [0.1, 0.15) is 0 Å². The van der Waals surface area contributed by atoms with Gasteiger partial charge >= 0.3 is 0 Å². The van der Waals surface area contributed by atoms with Gasteiger partial charge in [0.25, 0.3) is 5.91 Å². The van der Waals surface area contributed by atoms with Crippen molar-refractivity contribution in [3.05, 3.63) is 11.1 Å². The second-order valence-electron chi connectivity index (χ2n) is 5.02. The first-order chi connectivity index (χ1) is 9.74. The quantitative estimate of drug-likeness (QED) is 0.796. The first-order valence-electron chi connectivity index (χ1n) is 6.89. The number of hydrogen-bond acceptors (Lipinski definition) is 6. The molecule has 3 rings (SSSR count). The number of ether oxygens (including phenoxy) is 2. The topological polar surface area (TPSA) is 54.9 Å². The minimum atomic E-state index is -0.419. The van der Waals surface area contributed by atoms with E-state index in [0.29, 0.717) is 19.8 Å². The highest BCUT2D eigenvalue weighted by atomic mass is 32.1. The van der Waals surface area contributed by atoms with E-state index < -0.39 is 6.10 Å². The van der Waals surface area contributed by atoms with E-state index in [0.717, 1.165) is 37.0 Å². The molecule has 110 valence electrons. The lowest BCUT2D eigenvalue weighted by atomic mass is 10.2. The van der Waals surface area contributed by atoms with Crippen molar-refractivity contribution >= 4 is 22.4 Å². The van der Waals surface area contributed by atoms with Crippen LogP contribution in [0.1, 0.15) is 5.69 Å². The third-order valence-corrected chi connectivity index (χ3v) is 4.58. The highest BCUT2D eigenvalue weighted by molar-refractivity contribution is 7.13. The summed E-state index contributed by atoms with van der Waals surface area (Å²) in [5, 5.41) is 3.10. The largest absolute Gasteiger partial charge is 0.376 e. The lowest BCUT2D eigenvalue weighted by molar-refractivity contribution is -0.158. The predicted octanol–water partition coefficient (Wildman–Crippen LogP) is 0.516. The maximum atomic E-state index is 12.3. The number of carbonyl (C=O) groups excluding carboxylic acids is 1. The zero-order chi connectivity index (χ0) is 13.9. The first kappa shape index (κ1) is 13.8. The Morgan fingerprint density at radius 2 is 2.15 bits per heavy atom. The van der Waals surface area contributed by atoms with Gasteiger partial charge in [-0.1, -0.05) is 0 Å². The number of nitrogens with zero attached hydrogens (tertiary/aromatic N) is 3. The van der Waals surface area contributed by atoms with E-state index >= 15 is 0 Å². The molecule has 2 saturated heterocycles. The lowest BCUT2D eigenvalue weighted by Crippen LogP contribution is -2.53. The van der Waals surface area contributed by atoms with Gasteiger partial charge < -0.3 is 19.3 Å². The Balaban J connectivity index is 1.54. The van der Waals surface area contributed by atoms with E-state index in [1.54, 1.807) is 11.3 Å². The molecule has 7 heteroatoms. The van der Waals surface area contributed by atoms with Crippen molar-refractivity contribution in [1.29, 1.82) is 0 Å². The maximum Gasteiger partial charge on any atom is 0.254 e. The fraction of sp³-hybridized carbons (Fsp3) is 0.692. The highest BCUT2D eigenvalue weighted by Gasteiger charge is 2.30. The number of amides is 1. The number of rotatable bonds is 2. The molecule has 0 spiro atoms. The molecule has 0 saturated carbocycles. The number of hydrogen-bond donors (Lipinski definition) is 0. The average molecular weight is 297 g/mol. The molecule has 3 heterocycles. The van der Waals surface area contributed by atoms with E-state index in [2.05, 4.69) is 15.3 Å². The Kier molecular flexibility index (Phi) is 4.18. The number of carbonyl (C=O) groups is 1. The smallest absolute Gasteiger partial charge is 0.254 e. The molecule has 1 amide bonds. The minimum Gasteiger partial charge on any atom is -0.376 e. The van der Waals surface area contributed by atoms with E-state index in [1.165, 1.54) is 0 Å². The monoisotopic (exact) mass is 297 g/mol. The summed E-state index contributed by atoms with van der Waals surface area (Å²) in [5.41, 5.74) is 1.05. The van der Waals surface area contributed by atoms with Gasteiger partial charge in [-0.2, -0.15) is 0 Å². The van der Waals surface area contributed by atoms with E-state index in [-0.39, 0.29) is 5.91 Å². The molecule has 6 nitrogen and oxygen atoms in total. The van der Waals surface area contributed by atoms with Crippen LogP contribution in [0, 0.1) is 6.92 Å². The van der Waals surface area contributed by atoms with Crippen molar-refractivity contribution in [2.24, 2.45) is 0 Å². The van der Waals surface area contributed by atoms with Crippen LogP contribution >= 0.6 is 11.3 Å². The molecule has 1 atom stereocenters. The van der Waals surface area contributed by atoms with Gasteiger partial charge in [0.2, 0.25) is 0 Å². The van der Waals surface area contributed by atoms with Gasteiger partial charge in [-0.25, -0.2) is 4.98 Å². The molecule has 0 bridgehead atoms. The van der Waals surface area contributed by atoms with Crippen molar-refractivity contribution in [2.75, 3.05) is 50.9 Å². The fourth-order valence-electron chi connectivity index (χ4n) is 2.44. The molecule has 2 aliphatic rings. The number of aryl methyl sites for hydroxylation is 1. The summed E-state index contributed by atoms with van der Waals surface area (Å²) in [5.74, 6) is 0.0552. The predicted molar refractivity (Wildman–Crippen MR) is 76.2 cm³/mol. The van der Waals surface area contributed by atoms with Crippen LogP contribution in [-0.2, 0) is 14.3 Å². The van der Waals surface area contributed by atoms with E-state index in [1.807, 2.05) is 11.8 Å². The van der Waals surface area contributed by atoms with Crippen LogP contribution in [0.2, 0.25) is 0 Å². The Morgan fingerprint density at radius 3 is 2.75 bits per heavy atom. The number of piperazine rings is 1. The summed E-state index contributed by atoms with van der Waals surface area (Å²) in [7, 11) is 0. The van der Waals surface area contributed by atoms with Gasteiger partial charge in [0, 0.05) is 31.6 Å². The first-order valence-corrected chi connectivity index (χ1v) is 7.77. The highest BCUT2D eigenvalue weighted by Crippen LogP contribution is 2.21. The van der Waals surface area contributed by atoms with Crippen molar-refractivity contribution in [1.82, 2.24) is 9.88 Å². The van der Waals surface area contributed by atoms with Gasteiger partial charge in [0.15, 0.2) is 11.2 Å². The number of anilines is 1. The van der Waals surface area contributed by atoms with Crippen LogP contribution in [0.4, 0.5) is 5.13 Å². The summed E-state index contributed by atoms with van der Waals surface area (Å²) in [6.07, 6.45) is -0.419. The minimum absolute atomic E-state index is 0.0552. The van der Waals surface area contributed by atoms with Crippen LogP contribution in [0.15, 0.2) is 5.38 Å². The molecule has 1 aromatic rings. The normalized spacial score (nSPS) is 23.9. The molecule has 2 aliphatic heterocycles. The van der Waals surface area contributed by atoms with E-state index in [4.69, 9.17) is 9.47 Å². The fourth-order valence-corrected chi connectivity index (χ4v) is 3.30. The zero-order valence-electron chi connectivity index (χ0n) is 11.6. The second-order valence-corrected chi connectivity index (χ2v) is 5.85. The zero-order valence-corrected chi connectivity index (χ0v) is 12.4. The van der Waals surface area contributed by atoms with Crippen LogP contribution in [0.25, 0.3) is 0 Å². The second kappa shape index (κ2) is 6.07. The Hall–Kier alpha value is -1.18. The average Bonchev–Trinajstić information content (AvgIpc) is 2.94. The van der Waals surface area contributed by atoms with Crippen molar-refractivity contribution < 1.29 is 14.3 Å². The molecule has 2 fully saturated rings. The Bertz CT molecular complexity index is 465. The van der Waals surface area contributed by atoms with Gasteiger partial charge in [-0.05, 0) is 6.92 Å². The Labute approximate surface area is 122 Å². The number of aromatic nitrogens is 1. The molecule has 1 aromatic heterocycles. The molecule has 0 radical (unpaired) electrons. The van der Waals surface area contributed by atoms with Crippen LogP contribution in [-0.4, -0.2) is 67.9 Å².